The number of ketones is 2. The molecule has 0 bridgehead atoms. The SMILES string of the molecule is CCCC(=O)C(=O)[C@@H](NC(=O)[C@@H]1CCCN1C(=O)[C@H](C)NC(=O)OCc1ccccc1)C(C)C. The molecule has 0 saturated carbocycles. The zero-order chi connectivity index (χ0) is 25.3. The van der Waals surface area contributed by atoms with Crippen LogP contribution in [0.25, 0.3) is 0 Å². The van der Waals surface area contributed by atoms with E-state index < -0.39 is 47.6 Å². The number of ether oxygens (including phenoxy) is 1. The number of amides is 3. The van der Waals surface area contributed by atoms with E-state index in [-0.39, 0.29) is 18.9 Å². The van der Waals surface area contributed by atoms with Crippen LogP contribution >= 0.6 is 0 Å². The summed E-state index contributed by atoms with van der Waals surface area (Å²) < 4.78 is 5.16. The van der Waals surface area contributed by atoms with Crippen LogP contribution in [0, 0.1) is 5.92 Å². The molecule has 34 heavy (non-hydrogen) atoms. The molecule has 1 aromatic rings. The quantitative estimate of drug-likeness (QED) is 0.476. The molecule has 2 N–H and O–H groups in total. The number of rotatable bonds is 11. The largest absolute Gasteiger partial charge is 0.445 e. The average molecular weight is 474 g/mol. The Hall–Kier alpha value is -3.23. The second-order valence-electron chi connectivity index (χ2n) is 8.89. The molecule has 9 nitrogen and oxygen atoms in total. The molecule has 3 atom stereocenters. The number of Topliss-reactive ketones (excluding diaryl/α,β-unsaturated/α-hetero) is 2. The van der Waals surface area contributed by atoms with Gasteiger partial charge in [-0.25, -0.2) is 4.79 Å². The summed E-state index contributed by atoms with van der Waals surface area (Å²) in [6.07, 6.45) is 1.00. The van der Waals surface area contributed by atoms with Crippen LogP contribution in [0.2, 0.25) is 0 Å². The standard InChI is InChI=1S/C25H35N3O6/c1-5-10-20(29)22(30)21(16(2)3)27-23(31)19-13-9-14-28(19)24(32)17(4)26-25(33)34-15-18-11-7-6-8-12-18/h6-8,11-12,16-17,19,21H,5,9-10,13-15H2,1-4H3,(H,26,33)(H,27,31)/t17-,19-,21-/m0/s1. The first-order chi connectivity index (χ1) is 16.1. The molecule has 1 aliphatic heterocycles. The predicted molar refractivity (Wildman–Crippen MR) is 126 cm³/mol. The number of hydrogen-bond donors (Lipinski definition) is 2. The summed E-state index contributed by atoms with van der Waals surface area (Å²) in [5.74, 6) is -2.28. The van der Waals surface area contributed by atoms with Crippen molar-refractivity contribution in [2.75, 3.05) is 6.54 Å². The molecular formula is C25H35N3O6. The fourth-order valence-corrected chi connectivity index (χ4v) is 3.86. The van der Waals surface area contributed by atoms with E-state index in [1.54, 1.807) is 13.8 Å². The van der Waals surface area contributed by atoms with E-state index >= 15 is 0 Å². The second kappa shape index (κ2) is 12.9. The highest BCUT2D eigenvalue weighted by molar-refractivity contribution is 6.39. The number of carbonyl (C=O) groups is 5. The second-order valence-corrected chi connectivity index (χ2v) is 8.89. The van der Waals surface area contributed by atoms with E-state index in [9.17, 15) is 24.0 Å². The minimum atomic E-state index is -0.937. The topological polar surface area (TPSA) is 122 Å². The Kier molecular flexibility index (Phi) is 10.2. The van der Waals surface area contributed by atoms with Gasteiger partial charge in [-0.2, -0.15) is 0 Å². The number of hydrogen-bond acceptors (Lipinski definition) is 6. The molecule has 3 amide bonds. The first-order valence-electron chi connectivity index (χ1n) is 11.8. The first kappa shape index (κ1) is 27.0. The van der Waals surface area contributed by atoms with Crippen LogP contribution in [0.4, 0.5) is 4.79 Å². The lowest BCUT2D eigenvalue weighted by Crippen LogP contribution is -2.56. The summed E-state index contributed by atoms with van der Waals surface area (Å²) in [5.41, 5.74) is 0.819. The molecule has 0 spiro atoms. The van der Waals surface area contributed by atoms with Crippen molar-refractivity contribution in [1.29, 1.82) is 0 Å². The molecule has 186 valence electrons. The van der Waals surface area contributed by atoms with Crippen molar-refractivity contribution in [2.45, 2.75) is 78.1 Å². The molecule has 1 aromatic carbocycles. The maximum atomic E-state index is 13.0. The third kappa shape index (κ3) is 7.40. The minimum Gasteiger partial charge on any atom is -0.445 e. The van der Waals surface area contributed by atoms with Gasteiger partial charge in [0.05, 0.1) is 6.04 Å². The van der Waals surface area contributed by atoms with Gasteiger partial charge in [0.25, 0.3) is 0 Å². The van der Waals surface area contributed by atoms with Crippen molar-refractivity contribution in [3.05, 3.63) is 35.9 Å². The lowest BCUT2D eigenvalue weighted by atomic mass is 9.95. The van der Waals surface area contributed by atoms with Gasteiger partial charge >= 0.3 is 6.09 Å². The summed E-state index contributed by atoms with van der Waals surface area (Å²) in [5, 5.41) is 5.19. The van der Waals surface area contributed by atoms with Crippen LogP contribution in [0.3, 0.4) is 0 Å². The van der Waals surface area contributed by atoms with Crippen LogP contribution in [0.15, 0.2) is 30.3 Å². The van der Waals surface area contributed by atoms with Gasteiger partial charge in [0, 0.05) is 13.0 Å². The first-order valence-corrected chi connectivity index (χ1v) is 11.8. The molecule has 1 fully saturated rings. The Morgan fingerprint density at radius 2 is 1.74 bits per heavy atom. The van der Waals surface area contributed by atoms with Crippen LogP contribution < -0.4 is 10.6 Å². The fourth-order valence-electron chi connectivity index (χ4n) is 3.86. The Balaban J connectivity index is 1.96. The molecule has 0 aliphatic carbocycles. The molecule has 1 heterocycles. The molecule has 9 heteroatoms. The molecule has 0 radical (unpaired) electrons. The van der Waals surface area contributed by atoms with E-state index in [1.807, 2.05) is 37.3 Å². The highest BCUT2D eigenvalue weighted by atomic mass is 16.5. The Morgan fingerprint density at radius 1 is 1.06 bits per heavy atom. The van der Waals surface area contributed by atoms with E-state index in [0.29, 0.717) is 25.8 Å². The third-order valence-corrected chi connectivity index (χ3v) is 5.75. The molecular weight excluding hydrogens is 438 g/mol. The monoisotopic (exact) mass is 473 g/mol. The van der Waals surface area contributed by atoms with Gasteiger partial charge in [0.2, 0.25) is 23.4 Å². The maximum absolute atomic E-state index is 13.0. The zero-order valence-electron chi connectivity index (χ0n) is 20.3. The van der Waals surface area contributed by atoms with Gasteiger partial charge in [-0.15, -0.1) is 0 Å². The lowest BCUT2D eigenvalue weighted by molar-refractivity contribution is -0.142. The molecule has 1 aliphatic rings. The van der Waals surface area contributed by atoms with Gasteiger partial charge in [-0.05, 0) is 37.7 Å². The Labute approximate surface area is 200 Å². The lowest BCUT2D eigenvalue weighted by Gasteiger charge is -2.29. The van der Waals surface area contributed by atoms with Crippen LogP contribution in [-0.4, -0.2) is 59.0 Å². The zero-order valence-corrected chi connectivity index (χ0v) is 20.3. The smallest absolute Gasteiger partial charge is 0.408 e. The highest BCUT2D eigenvalue weighted by Crippen LogP contribution is 2.19. The summed E-state index contributed by atoms with van der Waals surface area (Å²) >= 11 is 0. The summed E-state index contributed by atoms with van der Waals surface area (Å²) in [6.45, 7) is 7.28. The van der Waals surface area contributed by atoms with E-state index in [2.05, 4.69) is 10.6 Å². The molecule has 1 saturated heterocycles. The van der Waals surface area contributed by atoms with Gasteiger partial charge in [0.15, 0.2) is 0 Å². The number of carbonyl (C=O) groups excluding carboxylic acids is 5. The summed E-state index contributed by atoms with van der Waals surface area (Å²) in [7, 11) is 0. The molecule has 0 aromatic heterocycles. The van der Waals surface area contributed by atoms with Gasteiger partial charge in [-0.1, -0.05) is 51.1 Å². The number of nitrogens with one attached hydrogen (secondary N) is 2. The van der Waals surface area contributed by atoms with Crippen molar-refractivity contribution in [1.82, 2.24) is 15.5 Å². The molecule has 0 unspecified atom stereocenters. The Morgan fingerprint density at radius 3 is 2.35 bits per heavy atom. The van der Waals surface area contributed by atoms with E-state index in [4.69, 9.17) is 4.74 Å². The van der Waals surface area contributed by atoms with E-state index in [1.165, 1.54) is 11.8 Å². The fraction of sp³-hybridized carbons (Fsp3) is 0.560. The number of alkyl carbamates (subject to hydrolysis) is 1. The third-order valence-electron chi connectivity index (χ3n) is 5.75. The van der Waals surface area contributed by atoms with Crippen LogP contribution in [0.5, 0.6) is 0 Å². The van der Waals surface area contributed by atoms with Crippen molar-refractivity contribution in [3.8, 4) is 0 Å². The highest BCUT2D eigenvalue weighted by Gasteiger charge is 2.38. The predicted octanol–water partition coefficient (Wildman–Crippen LogP) is 2.37. The summed E-state index contributed by atoms with van der Waals surface area (Å²) in [4.78, 5) is 64.1. The number of likely N-dealkylation sites (tertiary alicyclic amines) is 1. The average Bonchev–Trinajstić information content (AvgIpc) is 3.30. The van der Waals surface area contributed by atoms with Crippen LogP contribution in [0.1, 0.15) is 58.9 Å². The van der Waals surface area contributed by atoms with Crippen molar-refractivity contribution in [2.24, 2.45) is 5.92 Å². The molecule has 2 rings (SSSR count). The number of nitrogens with zero attached hydrogens (tertiary/aromatic N) is 1. The maximum Gasteiger partial charge on any atom is 0.408 e. The van der Waals surface area contributed by atoms with Crippen molar-refractivity contribution in [3.63, 3.8) is 0 Å². The van der Waals surface area contributed by atoms with Gasteiger partial charge < -0.3 is 20.3 Å². The Bertz CT molecular complexity index is 886. The van der Waals surface area contributed by atoms with Crippen molar-refractivity contribution >= 4 is 29.5 Å². The normalized spacial score (nSPS) is 17.1. The van der Waals surface area contributed by atoms with Crippen LogP contribution in [-0.2, 0) is 30.5 Å². The van der Waals surface area contributed by atoms with Gasteiger partial charge in [-0.3, -0.25) is 19.2 Å². The minimum absolute atomic E-state index is 0.0731. The number of benzene rings is 1. The van der Waals surface area contributed by atoms with Gasteiger partial charge in [0.1, 0.15) is 18.7 Å². The summed E-state index contributed by atoms with van der Waals surface area (Å²) in [6, 6.07) is 6.55. The van der Waals surface area contributed by atoms with Crippen molar-refractivity contribution < 1.29 is 28.7 Å². The van der Waals surface area contributed by atoms with E-state index in [0.717, 1.165) is 5.56 Å².